The van der Waals surface area contributed by atoms with E-state index in [-0.39, 0.29) is 17.8 Å². The second-order valence-corrected chi connectivity index (χ2v) is 5.26. The first-order valence-electron chi connectivity index (χ1n) is 7.53. The van der Waals surface area contributed by atoms with E-state index in [1.54, 1.807) is 19.1 Å². The third-order valence-corrected chi connectivity index (χ3v) is 3.64. The molecule has 122 valence electrons. The molecule has 0 saturated heterocycles. The van der Waals surface area contributed by atoms with Crippen molar-refractivity contribution in [3.8, 4) is 5.75 Å². The van der Waals surface area contributed by atoms with Crippen molar-refractivity contribution in [2.45, 2.75) is 26.3 Å². The lowest BCUT2D eigenvalue weighted by molar-refractivity contribution is 0.249. The Hall–Kier alpha value is -2.56. The molecule has 2 aromatic rings. The molecule has 4 nitrogen and oxygen atoms in total. The molecule has 1 unspecified atom stereocenters. The van der Waals surface area contributed by atoms with E-state index in [2.05, 4.69) is 17.6 Å². The minimum atomic E-state index is -0.450. The minimum absolute atomic E-state index is 0.182. The normalized spacial score (nSPS) is 11.7. The molecule has 2 amide bonds. The quantitative estimate of drug-likeness (QED) is 0.865. The summed E-state index contributed by atoms with van der Waals surface area (Å²) in [5.41, 5.74) is 2.59. The molecule has 0 heterocycles. The molecule has 2 aromatic carbocycles. The van der Waals surface area contributed by atoms with Crippen LogP contribution in [0, 0.1) is 5.82 Å². The highest BCUT2D eigenvalue weighted by atomic mass is 19.1. The lowest BCUT2D eigenvalue weighted by atomic mass is 10.1. The van der Waals surface area contributed by atoms with E-state index >= 15 is 0 Å². The Kier molecular flexibility index (Phi) is 5.57. The van der Waals surface area contributed by atoms with Gasteiger partial charge in [-0.2, -0.15) is 0 Å². The van der Waals surface area contributed by atoms with Crippen molar-refractivity contribution >= 4 is 11.7 Å². The van der Waals surface area contributed by atoms with Crippen LogP contribution in [0.2, 0.25) is 0 Å². The van der Waals surface area contributed by atoms with Crippen LogP contribution in [0.5, 0.6) is 5.75 Å². The predicted molar refractivity (Wildman–Crippen MR) is 89.3 cm³/mol. The molecule has 0 aliphatic heterocycles. The minimum Gasteiger partial charge on any atom is -0.494 e. The number of benzene rings is 2. The third-order valence-electron chi connectivity index (χ3n) is 3.64. The number of hydrogen-bond donors (Lipinski definition) is 2. The maximum Gasteiger partial charge on any atom is 0.319 e. The maximum absolute atomic E-state index is 13.7. The van der Waals surface area contributed by atoms with E-state index in [9.17, 15) is 9.18 Å². The van der Waals surface area contributed by atoms with Crippen molar-refractivity contribution in [3.05, 3.63) is 59.4 Å². The first-order valence-corrected chi connectivity index (χ1v) is 7.53. The van der Waals surface area contributed by atoms with Gasteiger partial charge in [0.25, 0.3) is 0 Å². The zero-order valence-electron chi connectivity index (χ0n) is 13.5. The van der Waals surface area contributed by atoms with E-state index in [0.717, 1.165) is 6.42 Å². The number of hydrogen-bond acceptors (Lipinski definition) is 2. The Balaban J connectivity index is 1.97. The number of methoxy groups -OCH3 is 1. The van der Waals surface area contributed by atoms with Crippen molar-refractivity contribution in [2.24, 2.45) is 0 Å². The topological polar surface area (TPSA) is 50.4 Å². The van der Waals surface area contributed by atoms with Crippen LogP contribution in [0.15, 0.2) is 42.5 Å². The number of ether oxygens (including phenoxy) is 1. The molecule has 0 aliphatic carbocycles. The Morgan fingerprint density at radius 2 is 1.91 bits per heavy atom. The number of anilines is 1. The molecular formula is C18H21FN2O2. The molecule has 2 rings (SSSR count). The van der Waals surface area contributed by atoms with Crippen LogP contribution in [0.25, 0.3) is 0 Å². The smallest absolute Gasteiger partial charge is 0.319 e. The van der Waals surface area contributed by atoms with Gasteiger partial charge >= 0.3 is 6.03 Å². The van der Waals surface area contributed by atoms with E-state index in [4.69, 9.17) is 4.74 Å². The Bertz CT molecular complexity index is 671. The molecule has 0 radical (unpaired) electrons. The number of aryl methyl sites for hydroxylation is 1. The molecular weight excluding hydrogens is 295 g/mol. The van der Waals surface area contributed by atoms with Crippen LogP contribution < -0.4 is 15.4 Å². The SMILES string of the molecule is CCc1ccc(NC(=O)NC(C)c2ccc(OC)c(F)c2)cc1. The van der Waals surface area contributed by atoms with Gasteiger partial charge < -0.3 is 15.4 Å². The zero-order chi connectivity index (χ0) is 16.8. The van der Waals surface area contributed by atoms with Crippen molar-refractivity contribution < 1.29 is 13.9 Å². The standard InChI is InChI=1S/C18H21FN2O2/c1-4-13-5-8-15(9-6-13)21-18(22)20-12(2)14-7-10-17(23-3)16(19)11-14/h5-12H,4H2,1-3H3,(H2,20,21,22). The molecule has 5 heteroatoms. The summed E-state index contributed by atoms with van der Waals surface area (Å²) in [6.07, 6.45) is 0.951. The summed E-state index contributed by atoms with van der Waals surface area (Å²) in [4.78, 5) is 12.0. The third kappa shape index (κ3) is 4.45. The molecule has 0 fully saturated rings. The molecule has 1 atom stereocenters. The second-order valence-electron chi connectivity index (χ2n) is 5.26. The number of halogens is 1. The van der Waals surface area contributed by atoms with Crippen molar-refractivity contribution in [1.29, 1.82) is 0 Å². The van der Waals surface area contributed by atoms with Crippen molar-refractivity contribution in [3.63, 3.8) is 0 Å². The van der Waals surface area contributed by atoms with Gasteiger partial charge in [-0.25, -0.2) is 9.18 Å². The molecule has 0 aromatic heterocycles. The average Bonchev–Trinajstić information content (AvgIpc) is 2.55. The lowest BCUT2D eigenvalue weighted by Gasteiger charge is -2.16. The highest BCUT2D eigenvalue weighted by Crippen LogP contribution is 2.21. The molecule has 0 saturated carbocycles. The zero-order valence-corrected chi connectivity index (χ0v) is 13.5. The average molecular weight is 316 g/mol. The van der Waals surface area contributed by atoms with Gasteiger partial charge in [-0.3, -0.25) is 0 Å². The fourth-order valence-electron chi connectivity index (χ4n) is 2.22. The van der Waals surface area contributed by atoms with Gasteiger partial charge in [-0.05, 0) is 48.7 Å². The number of nitrogens with one attached hydrogen (secondary N) is 2. The van der Waals surface area contributed by atoms with Gasteiger partial charge in [0.05, 0.1) is 13.2 Å². The number of urea groups is 1. The fraction of sp³-hybridized carbons (Fsp3) is 0.278. The Labute approximate surface area is 135 Å². The van der Waals surface area contributed by atoms with E-state index < -0.39 is 5.82 Å². The fourth-order valence-corrected chi connectivity index (χ4v) is 2.22. The van der Waals surface area contributed by atoms with Crippen molar-refractivity contribution in [2.75, 3.05) is 12.4 Å². The number of rotatable bonds is 5. The molecule has 0 spiro atoms. The summed E-state index contributed by atoms with van der Waals surface area (Å²) in [6.45, 7) is 3.87. The Morgan fingerprint density at radius 1 is 1.22 bits per heavy atom. The number of amides is 2. The van der Waals surface area contributed by atoms with E-state index in [1.165, 1.54) is 18.7 Å². The van der Waals surface area contributed by atoms with Crippen molar-refractivity contribution in [1.82, 2.24) is 5.32 Å². The number of carbonyl (C=O) groups is 1. The molecule has 2 N–H and O–H groups in total. The summed E-state index contributed by atoms with van der Waals surface area (Å²) >= 11 is 0. The molecule has 23 heavy (non-hydrogen) atoms. The van der Waals surface area contributed by atoms with Crippen LogP contribution in [0.3, 0.4) is 0 Å². The second kappa shape index (κ2) is 7.63. The Morgan fingerprint density at radius 3 is 2.48 bits per heavy atom. The van der Waals surface area contributed by atoms with Gasteiger partial charge in [-0.15, -0.1) is 0 Å². The van der Waals surface area contributed by atoms with Crippen LogP contribution in [-0.2, 0) is 6.42 Å². The van der Waals surface area contributed by atoms with Crippen LogP contribution in [0.4, 0.5) is 14.9 Å². The summed E-state index contributed by atoms with van der Waals surface area (Å²) in [7, 11) is 1.41. The summed E-state index contributed by atoms with van der Waals surface area (Å²) in [5.74, 6) is -0.268. The molecule has 0 aliphatic rings. The van der Waals surface area contributed by atoms with Crippen LogP contribution >= 0.6 is 0 Å². The van der Waals surface area contributed by atoms with Gasteiger partial charge in [0.15, 0.2) is 11.6 Å². The summed E-state index contributed by atoms with van der Waals surface area (Å²) in [5, 5.41) is 5.54. The summed E-state index contributed by atoms with van der Waals surface area (Å²) < 4.78 is 18.6. The van der Waals surface area contributed by atoms with Crippen LogP contribution in [0.1, 0.15) is 31.0 Å². The highest BCUT2D eigenvalue weighted by molar-refractivity contribution is 5.89. The predicted octanol–water partition coefficient (Wildman–Crippen LogP) is 4.28. The van der Waals surface area contributed by atoms with Gasteiger partial charge in [0.2, 0.25) is 0 Å². The first-order chi connectivity index (χ1) is 11.0. The van der Waals surface area contributed by atoms with Crippen LogP contribution in [-0.4, -0.2) is 13.1 Å². The largest absolute Gasteiger partial charge is 0.494 e. The maximum atomic E-state index is 13.7. The number of carbonyl (C=O) groups excluding carboxylic acids is 1. The highest BCUT2D eigenvalue weighted by Gasteiger charge is 2.12. The summed E-state index contributed by atoms with van der Waals surface area (Å²) in [6, 6.07) is 11.6. The molecule has 0 bridgehead atoms. The first kappa shape index (κ1) is 16.8. The van der Waals surface area contributed by atoms with Gasteiger partial charge in [-0.1, -0.05) is 25.1 Å². The van der Waals surface area contributed by atoms with Gasteiger partial charge in [0.1, 0.15) is 0 Å². The van der Waals surface area contributed by atoms with E-state index in [0.29, 0.717) is 11.3 Å². The van der Waals surface area contributed by atoms with E-state index in [1.807, 2.05) is 24.3 Å². The lowest BCUT2D eigenvalue weighted by Crippen LogP contribution is -2.31. The monoisotopic (exact) mass is 316 g/mol. The van der Waals surface area contributed by atoms with Gasteiger partial charge in [0, 0.05) is 5.69 Å².